The van der Waals surface area contributed by atoms with Crippen molar-refractivity contribution in [3.8, 4) is 0 Å². The molecule has 0 fully saturated rings. The Balaban J connectivity index is 1.44. The molecule has 0 radical (unpaired) electrons. The van der Waals surface area contributed by atoms with Gasteiger partial charge in [0.15, 0.2) is 5.82 Å². The molecule has 1 aromatic heterocycles. The third kappa shape index (κ3) is 3.10. The Morgan fingerprint density at radius 2 is 2.16 bits per heavy atom. The lowest BCUT2D eigenvalue weighted by atomic mass is 10.1. The van der Waals surface area contributed by atoms with Crippen molar-refractivity contribution < 1.29 is 9.18 Å². The van der Waals surface area contributed by atoms with E-state index < -0.39 is 0 Å². The lowest BCUT2D eigenvalue weighted by Crippen LogP contribution is -2.41. The summed E-state index contributed by atoms with van der Waals surface area (Å²) < 4.78 is 15.4. The van der Waals surface area contributed by atoms with Crippen molar-refractivity contribution in [1.29, 1.82) is 0 Å². The van der Waals surface area contributed by atoms with Crippen LogP contribution in [-0.2, 0) is 19.4 Å². The smallest absolute Gasteiger partial charge is 0.315 e. The zero-order valence-electron chi connectivity index (χ0n) is 14.3. The van der Waals surface area contributed by atoms with E-state index >= 15 is 0 Å². The number of nitrogens with one attached hydrogen (secondary N) is 2. The van der Waals surface area contributed by atoms with Crippen LogP contribution in [0.2, 0.25) is 0 Å². The second-order valence-electron chi connectivity index (χ2n) is 6.71. The summed E-state index contributed by atoms with van der Waals surface area (Å²) in [6.45, 7) is 2.87. The number of hydrogen-bond acceptors (Lipinski definition) is 3. The normalized spacial score (nSPS) is 21.5. The zero-order valence-corrected chi connectivity index (χ0v) is 14.3. The van der Waals surface area contributed by atoms with Gasteiger partial charge in [-0.3, -0.25) is 0 Å². The van der Waals surface area contributed by atoms with Crippen LogP contribution in [0.4, 0.5) is 9.18 Å². The molecule has 132 valence electrons. The minimum atomic E-state index is -0.264. The van der Waals surface area contributed by atoms with E-state index in [1.54, 1.807) is 6.07 Å². The van der Waals surface area contributed by atoms with Gasteiger partial charge >= 0.3 is 6.03 Å². The fourth-order valence-corrected chi connectivity index (χ4v) is 3.77. The number of fused-ring (bicyclic) bond motifs is 2. The molecule has 2 aliphatic rings. The maximum Gasteiger partial charge on any atom is 0.315 e. The fraction of sp³-hybridized carbons (Fsp3) is 0.500. The summed E-state index contributed by atoms with van der Waals surface area (Å²) in [5, 5.41) is 10.5. The summed E-state index contributed by atoms with van der Waals surface area (Å²) >= 11 is 0. The number of urea groups is 1. The Morgan fingerprint density at radius 3 is 3.00 bits per heavy atom. The molecule has 2 amide bonds. The van der Waals surface area contributed by atoms with Gasteiger partial charge in [0.05, 0.1) is 12.1 Å². The second kappa shape index (κ2) is 6.46. The van der Waals surface area contributed by atoms with E-state index in [0.29, 0.717) is 0 Å². The molecule has 2 heterocycles. The van der Waals surface area contributed by atoms with Crippen molar-refractivity contribution in [3.63, 3.8) is 0 Å². The number of aromatic nitrogens is 3. The first-order valence-electron chi connectivity index (χ1n) is 8.93. The summed E-state index contributed by atoms with van der Waals surface area (Å²) in [6.07, 6.45) is 4.25. The first-order valence-corrected chi connectivity index (χ1v) is 8.93. The van der Waals surface area contributed by atoms with E-state index in [4.69, 9.17) is 0 Å². The van der Waals surface area contributed by atoms with E-state index in [0.717, 1.165) is 61.4 Å². The topological polar surface area (TPSA) is 71.8 Å². The number of hydrogen-bond donors (Lipinski definition) is 2. The lowest BCUT2D eigenvalue weighted by Gasteiger charge is -2.24. The van der Waals surface area contributed by atoms with E-state index in [2.05, 4.69) is 20.7 Å². The molecule has 1 aliphatic heterocycles. The summed E-state index contributed by atoms with van der Waals surface area (Å²) in [7, 11) is 0. The van der Waals surface area contributed by atoms with Crippen LogP contribution in [0.15, 0.2) is 18.2 Å². The van der Waals surface area contributed by atoms with Gasteiger partial charge in [-0.2, -0.15) is 5.10 Å². The Bertz CT molecular complexity index is 803. The minimum Gasteiger partial charge on any atom is -0.331 e. The number of carbonyl (C=O) groups excluding carboxylic acids is 1. The van der Waals surface area contributed by atoms with E-state index in [-0.39, 0.29) is 23.9 Å². The summed E-state index contributed by atoms with van der Waals surface area (Å²) in [6, 6.07) is 4.30. The average Bonchev–Trinajstić information content (AvgIpc) is 3.19. The molecule has 2 aromatic rings. The van der Waals surface area contributed by atoms with Crippen LogP contribution in [0, 0.1) is 5.82 Å². The monoisotopic (exact) mass is 343 g/mol. The quantitative estimate of drug-likeness (QED) is 0.900. The van der Waals surface area contributed by atoms with Crippen molar-refractivity contribution >= 4 is 6.03 Å². The third-order valence-electron chi connectivity index (χ3n) is 5.03. The van der Waals surface area contributed by atoms with Gasteiger partial charge in [0.2, 0.25) is 0 Å². The van der Waals surface area contributed by atoms with Gasteiger partial charge in [0.1, 0.15) is 11.6 Å². The van der Waals surface area contributed by atoms with Gasteiger partial charge in [-0.1, -0.05) is 13.0 Å². The molecule has 0 saturated heterocycles. The molecule has 2 atom stereocenters. The molecule has 7 heteroatoms. The highest BCUT2D eigenvalue weighted by molar-refractivity contribution is 5.75. The van der Waals surface area contributed by atoms with E-state index in [1.807, 2.05) is 11.6 Å². The van der Waals surface area contributed by atoms with Crippen molar-refractivity contribution in [2.24, 2.45) is 0 Å². The van der Waals surface area contributed by atoms with Gasteiger partial charge in [0, 0.05) is 13.0 Å². The van der Waals surface area contributed by atoms with Crippen molar-refractivity contribution in [2.75, 3.05) is 0 Å². The van der Waals surface area contributed by atoms with Crippen molar-refractivity contribution in [1.82, 2.24) is 25.4 Å². The Labute approximate surface area is 145 Å². The molecular formula is C18H22FN5O. The minimum absolute atomic E-state index is 0.130. The van der Waals surface area contributed by atoms with Crippen LogP contribution in [0.5, 0.6) is 0 Å². The van der Waals surface area contributed by atoms with Gasteiger partial charge < -0.3 is 10.6 Å². The van der Waals surface area contributed by atoms with Crippen LogP contribution in [0.3, 0.4) is 0 Å². The highest BCUT2D eigenvalue weighted by Gasteiger charge is 2.28. The molecule has 0 bridgehead atoms. The molecule has 1 aliphatic carbocycles. The highest BCUT2D eigenvalue weighted by Crippen LogP contribution is 2.31. The van der Waals surface area contributed by atoms with Gasteiger partial charge in [-0.05, 0) is 48.9 Å². The molecule has 25 heavy (non-hydrogen) atoms. The van der Waals surface area contributed by atoms with Crippen LogP contribution < -0.4 is 10.6 Å². The number of benzene rings is 1. The largest absolute Gasteiger partial charge is 0.331 e. The number of aryl methyl sites for hydroxylation is 3. The fourth-order valence-electron chi connectivity index (χ4n) is 3.77. The molecule has 6 nitrogen and oxygen atoms in total. The lowest BCUT2D eigenvalue weighted by molar-refractivity contribution is 0.229. The van der Waals surface area contributed by atoms with Gasteiger partial charge in [0.25, 0.3) is 0 Å². The van der Waals surface area contributed by atoms with Crippen molar-refractivity contribution in [3.05, 3.63) is 46.8 Å². The molecule has 4 rings (SSSR count). The van der Waals surface area contributed by atoms with Crippen LogP contribution >= 0.6 is 0 Å². The number of carbonyl (C=O) groups is 1. The Hall–Kier alpha value is -2.44. The number of nitrogens with zero attached hydrogens (tertiary/aromatic N) is 3. The zero-order chi connectivity index (χ0) is 17.4. The molecule has 1 aromatic carbocycles. The maximum absolute atomic E-state index is 13.5. The molecule has 2 N–H and O–H groups in total. The van der Waals surface area contributed by atoms with Gasteiger partial charge in [-0.25, -0.2) is 18.9 Å². The summed E-state index contributed by atoms with van der Waals surface area (Å²) in [4.78, 5) is 17.0. The van der Waals surface area contributed by atoms with Crippen LogP contribution in [-0.4, -0.2) is 20.8 Å². The Morgan fingerprint density at radius 1 is 1.32 bits per heavy atom. The summed E-state index contributed by atoms with van der Waals surface area (Å²) in [5.74, 6) is 1.38. The first-order chi connectivity index (χ1) is 12.1. The highest BCUT2D eigenvalue weighted by atomic mass is 19.1. The van der Waals surface area contributed by atoms with Crippen molar-refractivity contribution in [2.45, 2.75) is 57.7 Å². The van der Waals surface area contributed by atoms with E-state index in [1.165, 1.54) is 12.1 Å². The van der Waals surface area contributed by atoms with Crippen LogP contribution in [0.25, 0.3) is 0 Å². The van der Waals surface area contributed by atoms with Gasteiger partial charge in [-0.15, -0.1) is 0 Å². The first kappa shape index (κ1) is 16.1. The maximum atomic E-state index is 13.5. The SMILES string of the molecule is CCc1nc2n(n1)CCCC2NC(=O)NC1CCc2ccc(F)cc21. The third-order valence-corrected chi connectivity index (χ3v) is 5.03. The number of halogens is 1. The predicted molar refractivity (Wildman–Crippen MR) is 90.5 cm³/mol. The van der Waals surface area contributed by atoms with Crippen LogP contribution in [0.1, 0.15) is 61.0 Å². The molecule has 2 unspecified atom stereocenters. The summed E-state index contributed by atoms with van der Waals surface area (Å²) in [5.41, 5.74) is 1.99. The average molecular weight is 343 g/mol. The number of amides is 2. The number of rotatable bonds is 3. The standard InChI is InChI=1S/C18H22FN5O/c1-2-16-22-17-15(4-3-9-24(17)23-16)21-18(25)20-14-8-6-11-5-7-12(19)10-13(11)14/h5,7,10,14-15H,2-4,6,8-9H2,1H3,(H2,20,21,25). The molecule has 0 saturated carbocycles. The predicted octanol–water partition coefficient (Wildman–Crippen LogP) is 2.80. The van der Waals surface area contributed by atoms with E-state index in [9.17, 15) is 9.18 Å². The second-order valence-corrected chi connectivity index (χ2v) is 6.71. The Kier molecular flexibility index (Phi) is 4.15. The molecule has 0 spiro atoms. The molecular weight excluding hydrogens is 321 g/mol.